The quantitative estimate of drug-likeness (QED) is 0.526. The Balaban J connectivity index is 1.62. The fourth-order valence-electron chi connectivity index (χ4n) is 3.36. The first-order chi connectivity index (χ1) is 14.1. The summed E-state index contributed by atoms with van der Waals surface area (Å²) in [6.07, 6.45) is 1.48. The molecule has 1 amide bonds. The van der Waals surface area contributed by atoms with Crippen LogP contribution in [-0.2, 0) is 6.54 Å². The summed E-state index contributed by atoms with van der Waals surface area (Å²) in [6.45, 7) is 4.44. The predicted octanol–water partition coefficient (Wildman–Crippen LogP) is 2.74. The van der Waals surface area contributed by atoms with Gasteiger partial charge in [0.2, 0.25) is 0 Å². The second-order valence-corrected chi connectivity index (χ2v) is 6.83. The summed E-state index contributed by atoms with van der Waals surface area (Å²) in [4.78, 5) is 14.9. The Kier molecular flexibility index (Phi) is 4.90. The number of carbonyl (C=O) groups is 1. The summed E-state index contributed by atoms with van der Waals surface area (Å²) in [6, 6.07) is 17.3. The van der Waals surface area contributed by atoms with Crippen LogP contribution < -0.4 is 0 Å². The molecule has 146 valence electrons. The van der Waals surface area contributed by atoms with Gasteiger partial charge in [-0.3, -0.25) is 4.79 Å². The molecule has 0 aliphatic carbocycles. The smallest absolute Gasteiger partial charge is 0.256 e. The Morgan fingerprint density at radius 2 is 1.76 bits per heavy atom. The maximum atomic E-state index is 13.2. The van der Waals surface area contributed by atoms with E-state index in [2.05, 4.69) is 20.6 Å². The number of nitrogens with zero attached hydrogens (tertiary/aromatic N) is 7. The van der Waals surface area contributed by atoms with Gasteiger partial charge in [-0.2, -0.15) is 9.78 Å². The van der Waals surface area contributed by atoms with Gasteiger partial charge in [0.15, 0.2) is 0 Å². The summed E-state index contributed by atoms with van der Waals surface area (Å²) < 4.78 is 3.41. The number of aryl methyl sites for hydroxylation is 1. The predicted molar refractivity (Wildman–Crippen MR) is 108 cm³/mol. The molecule has 29 heavy (non-hydrogen) atoms. The standard InChI is InChI=1S/C21H21N7O/c1-15-19(16(2)28(23-15)17-9-5-4-6-10-17)13-26(3)21(29)18-11-7-8-12-20(18)27-14-22-24-25-27/h4-12,14H,13H2,1-3H3. The van der Waals surface area contributed by atoms with Crippen molar-refractivity contribution in [3.8, 4) is 11.4 Å². The zero-order valence-electron chi connectivity index (χ0n) is 16.5. The van der Waals surface area contributed by atoms with Crippen molar-refractivity contribution in [2.75, 3.05) is 7.05 Å². The van der Waals surface area contributed by atoms with Crippen LogP contribution in [0.25, 0.3) is 11.4 Å². The molecule has 0 radical (unpaired) electrons. The van der Waals surface area contributed by atoms with Crippen molar-refractivity contribution in [2.45, 2.75) is 20.4 Å². The van der Waals surface area contributed by atoms with E-state index in [1.165, 1.54) is 11.0 Å². The van der Waals surface area contributed by atoms with Crippen LogP contribution >= 0.6 is 0 Å². The molecule has 0 saturated carbocycles. The van der Waals surface area contributed by atoms with Crippen LogP contribution in [0.4, 0.5) is 0 Å². The fraction of sp³-hybridized carbons (Fsp3) is 0.190. The van der Waals surface area contributed by atoms with Crippen LogP contribution in [0.15, 0.2) is 60.9 Å². The largest absolute Gasteiger partial charge is 0.337 e. The maximum Gasteiger partial charge on any atom is 0.256 e. The molecule has 0 unspecified atom stereocenters. The number of hydrogen-bond acceptors (Lipinski definition) is 5. The van der Waals surface area contributed by atoms with Crippen molar-refractivity contribution in [3.63, 3.8) is 0 Å². The fourth-order valence-corrected chi connectivity index (χ4v) is 3.36. The molecule has 0 fully saturated rings. The average molecular weight is 387 g/mol. The third kappa shape index (κ3) is 3.52. The molecule has 0 spiro atoms. The third-order valence-corrected chi connectivity index (χ3v) is 4.91. The molecule has 0 aliphatic rings. The second-order valence-electron chi connectivity index (χ2n) is 6.83. The summed E-state index contributed by atoms with van der Waals surface area (Å²) in [7, 11) is 1.79. The minimum Gasteiger partial charge on any atom is -0.337 e. The van der Waals surface area contributed by atoms with Crippen molar-refractivity contribution >= 4 is 5.91 Å². The zero-order chi connectivity index (χ0) is 20.4. The molecule has 4 aromatic rings. The van der Waals surface area contributed by atoms with E-state index < -0.39 is 0 Å². The van der Waals surface area contributed by atoms with Gasteiger partial charge in [0.25, 0.3) is 5.91 Å². The number of rotatable bonds is 5. The second kappa shape index (κ2) is 7.67. The van der Waals surface area contributed by atoms with E-state index in [9.17, 15) is 4.79 Å². The molecule has 0 aliphatic heterocycles. The summed E-state index contributed by atoms with van der Waals surface area (Å²) in [5.41, 5.74) is 5.12. The topological polar surface area (TPSA) is 81.7 Å². The van der Waals surface area contributed by atoms with Crippen LogP contribution in [0.5, 0.6) is 0 Å². The van der Waals surface area contributed by atoms with Crippen LogP contribution in [0.2, 0.25) is 0 Å². The normalized spacial score (nSPS) is 10.9. The number of benzene rings is 2. The van der Waals surface area contributed by atoms with Gasteiger partial charge >= 0.3 is 0 Å². The number of hydrogen-bond donors (Lipinski definition) is 0. The van der Waals surface area contributed by atoms with Crippen molar-refractivity contribution in [3.05, 3.63) is 83.4 Å². The molecular weight excluding hydrogens is 366 g/mol. The highest BCUT2D eigenvalue weighted by atomic mass is 16.2. The summed E-state index contributed by atoms with van der Waals surface area (Å²) in [5, 5.41) is 15.9. The molecular formula is C21H21N7O. The van der Waals surface area contributed by atoms with E-state index in [1.807, 2.05) is 67.1 Å². The highest BCUT2D eigenvalue weighted by molar-refractivity contribution is 5.97. The van der Waals surface area contributed by atoms with E-state index in [0.29, 0.717) is 17.8 Å². The molecule has 2 aromatic heterocycles. The first-order valence-electron chi connectivity index (χ1n) is 9.24. The Morgan fingerprint density at radius 1 is 1.03 bits per heavy atom. The van der Waals surface area contributed by atoms with Crippen LogP contribution in [0.1, 0.15) is 27.3 Å². The van der Waals surface area contributed by atoms with Crippen molar-refractivity contribution in [1.82, 2.24) is 34.9 Å². The van der Waals surface area contributed by atoms with E-state index in [0.717, 1.165) is 22.6 Å². The Morgan fingerprint density at radius 3 is 2.48 bits per heavy atom. The SMILES string of the molecule is Cc1nn(-c2ccccc2)c(C)c1CN(C)C(=O)c1ccccc1-n1cnnn1. The lowest BCUT2D eigenvalue weighted by atomic mass is 10.1. The minimum absolute atomic E-state index is 0.109. The number of tetrazole rings is 1. The van der Waals surface area contributed by atoms with E-state index in [-0.39, 0.29) is 5.91 Å². The lowest BCUT2D eigenvalue weighted by Gasteiger charge is -2.19. The van der Waals surface area contributed by atoms with Crippen LogP contribution in [0, 0.1) is 13.8 Å². The van der Waals surface area contributed by atoms with Gasteiger partial charge < -0.3 is 4.90 Å². The molecule has 2 heterocycles. The van der Waals surface area contributed by atoms with Crippen LogP contribution in [0.3, 0.4) is 0 Å². The first-order valence-corrected chi connectivity index (χ1v) is 9.24. The third-order valence-electron chi connectivity index (χ3n) is 4.91. The number of para-hydroxylation sites is 2. The minimum atomic E-state index is -0.109. The number of aromatic nitrogens is 6. The molecule has 0 atom stereocenters. The van der Waals surface area contributed by atoms with Crippen molar-refractivity contribution in [1.29, 1.82) is 0 Å². The van der Waals surface area contributed by atoms with Crippen molar-refractivity contribution in [2.24, 2.45) is 0 Å². The Labute approximate surface area is 168 Å². The molecule has 4 rings (SSSR count). The molecule has 0 saturated heterocycles. The average Bonchev–Trinajstić information content (AvgIpc) is 3.38. The highest BCUT2D eigenvalue weighted by Crippen LogP contribution is 2.21. The van der Waals surface area contributed by atoms with E-state index >= 15 is 0 Å². The molecule has 0 bridgehead atoms. The van der Waals surface area contributed by atoms with Gasteiger partial charge in [-0.15, -0.1) is 5.10 Å². The molecule has 8 nitrogen and oxygen atoms in total. The monoisotopic (exact) mass is 387 g/mol. The first kappa shape index (κ1) is 18.5. The van der Waals surface area contributed by atoms with Crippen molar-refractivity contribution < 1.29 is 4.79 Å². The number of amides is 1. The van der Waals surface area contributed by atoms with Gasteiger partial charge in [-0.05, 0) is 48.5 Å². The lowest BCUT2D eigenvalue weighted by Crippen LogP contribution is -2.28. The summed E-state index contributed by atoms with van der Waals surface area (Å²) in [5.74, 6) is -0.109. The molecule has 8 heteroatoms. The van der Waals surface area contributed by atoms with Gasteiger partial charge in [-0.25, -0.2) is 4.68 Å². The van der Waals surface area contributed by atoms with Crippen LogP contribution in [-0.4, -0.2) is 47.8 Å². The van der Waals surface area contributed by atoms with E-state index in [4.69, 9.17) is 0 Å². The Hall–Kier alpha value is -3.81. The highest BCUT2D eigenvalue weighted by Gasteiger charge is 2.21. The molecule has 2 aromatic carbocycles. The maximum absolute atomic E-state index is 13.2. The Bertz CT molecular complexity index is 1130. The lowest BCUT2D eigenvalue weighted by molar-refractivity contribution is 0.0784. The van der Waals surface area contributed by atoms with Gasteiger partial charge in [-0.1, -0.05) is 30.3 Å². The number of carbonyl (C=O) groups excluding carboxylic acids is 1. The van der Waals surface area contributed by atoms with Gasteiger partial charge in [0.05, 0.1) is 22.6 Å². The molecule has 0 N–H and O–H groups in total. The van der Waals surface area contributed by atoms with Gasteiger partial charge in [0, 0.05) is 24.8 Å². The van der Waals surface area contributed by atoms with Gasteiger partial charge in [0.1, 0.15) is 6.33 Å². The van der Waals surface area contributed by atoms with E-state index in [1.54, 1.807) is 18.0 Å². The summed E-state index contributed by atoms with van der Waals surface area (Å²) >= 11 is 0. The zero-order valence-corrected chi connectivity index (χ0v) is 16.5.